The van der Waals surface area contributed by atoms with Crippen molar-refractivity contribution < 1.29 is 19.1 Å². The van der Waals surface area contributed by atoms with Crippen molar-refractivity contribution in [1.29, 1.82) is 0 Å². The van der Waals surface area contributed by atoms with Crippen LogP contribution >= 0.6 is 0 Å². The van der Waals surface area contributed by atoms with Crippen molar-refractivity contribution >= 4 is 17.5 Å². The highest BCUT2D eigenvalue weighted by molar-refractivity contribution is 5.97. The number of methoxy groups -OCH3 is 1. The smallest absolute Gasteiger partial charge is 0.229 e. The summed E-state index contributed by atoms with van der Waals surface area (Å²) in [5, 5.41) is 2.97. The number of amides is 2. The normalized spacial score (nSPS) is 16.2. The van der Waals surface area contributed by atoms with Crippen molar-refractivity contribution in [3.63, 3.8) is 0 Å². The van der Waals surface area contributed by atoms with Gasteiger partial charge in [-0.25, -0.2) is 0 Å². The van der Waals surface area contributed by atoms with Gasteiger partial charge in [0.15, 0.2) is 0 Å². The summed E-state index contributed by atoms with van der Waals surface area (Å²) in [7, 11) is 1.61. The Labute approximate surface area is 165 Å². The minimum absolute atomic E-state index is 0.0144. The molecule has 2 amide bonds. The lowest BCUT2D eigenvalue weighted by Crippen LogP contribution is -2.31. The van der Waals surface area contributed by atoms with Crippen LogP contribution in [-0.2, 0) is 9.59 Å². The Hall–Kier alpha value is -3.02. The van der Waals surface area contributed by atoms with Crippen LogP contribution in [0.15, 0.2) is 42.5 Å². The SMILES string of the molecule is COc1ccc(OCCN2CC(C(=O)Nc3cc(C)ccc3C)CC2=O)cc1. The number of aryl methyl sites for hydroxylation is 2. The highest BCUT2D eigenvalue weighted by Gasteiger charge is 2.34. The van der Waals surface area contributed by atoms with Crippen molar-refractivity contribution in [3.8, 4) is 11.5 Å². The van der Waals surface area contributed by atoms with Gasteiger partial charge in [0.25, 0.3) is 0 Å². The topological polar surface area (TPSA) is 67.9 Å². The van der Waals surface area contributed by atoms with Crippen molar-refractivity contribution in [1.82, 2.24) is 4.90 Å². The van der Waals surface area contributed by atoms with Gasteiger partial charge in [-0.05, 0) is 55.3 Å². The standard InChI is InChI=1S/C22H26N2O4/c1-15-4-5-16(2)20(12-15)23-22(26)17-13-21(25)24(14-17)10-11-28-19-8-6-18(27-3)7-9-19/h4-9,12,17H,10-11,13-14H2,1-3H3,(H,23,26). The van der Waals surface area contributed by atoms with Gasteiger partial charge in [-0.15, -0.1) is 0 Å². The minimum atomic E-state index is -0.339. The van der Waals surface area contributed by atoms with Crippen LogP contribution in [-0.4, -0.2) is 43.5 Å². The third kappa shape index (κ3) is 4.82. The number of carbonyl (C=O) groups excluding carboxylic acids is 2. The summed E-state index contributed by atoms with van der Waals surface area (Å²) in [6.07, 6.45) is 0.235. The molecule has 1 atom stereocenters. The second-order valence-electron chi connectivity index (χ2n) is 7.07. The zero-order chi connectivity index (χ0) is 20.1. The Morgan fingerprint density at radius 2 is 1.86 bits per heavy atom. The number of anilines is 1. The number of hydrogen-bond donors (Lipinski definition) is 1. The number of ether oxygens (including phenoxy) is 2. The Bertz CT molecular complexity index is 848. The fourth-order valence-electron chi connectivity index (χ4n) is 3.21. The third-order valence-electron chi connectivity index (χ3n) is 4.93. The van der Waals surface area contributed by atoms with Crippen molar-refractivity contribution in [3.05, 3.63) is 53.6 Å². The zero-order valence-electron chi connectivity index (χ0n) is 16.5. The molecule has 1 N–H and O–H groups in total. The van der Waals surface area contributed by atoms with Gasteiger partial charge in [-0.3, -0.25) is 9.59 Å². The Morgan fingerprint density at radius 1 is 1.14 bits per heavy atom. The Kier molecular flexibility index (Phi) is 6.19. The predicted octanol–water partition coefficient (Wildman–Crippen LogP) is 3.18. The average Bonchev–Trinajstić information content (AvgIpc) is 3.06. The number of hydrogen-bond acceptors (Lipinski definition) is 4. The van der Waals surface area contributed by atoms with E-state index < -0.39 is 0 Å². The summed E-state index contributed by atoms with van der Waals surface area (Å²) in [5.41, 5.74) is 2.90. The van der Waals surface area contributed by atoms with E-state index in [1.165, 1.54) is 0 Å². The van der Waals surface area contributed by atoms with E-state index in [2.05, 4.69) is 5.32 Å². The van der Waals surface area contributed by atoms with Crippen LogP contribution in [0.5, 0.6) is 11.5 Å². The van der Waals surface area contributed by atoms with E-state index in [9.17, 15) is 9.59 Å². The maximum atomic E-state index is 12.6. The third-order valence-corrected chi connectivity index (χ3v) is 4.93. The molecule has 0 bridgehead atoms. The van der Waals surface area contributed by atoms with Gasteiger partial charge in [0.1, 0.15) is 18.1 Å². The van der Waals surface area contributed by atoms with Gasteiger partial charge >= 0.3 is 0 Å². The molecule has 1 aliphatic heterocycles. The van der Waals surface area contributed by atoms with Crippen LogP contribution in [0.3, 0.4) is 0 Å². The van der Waals surface area contributed by atoms with Crippen LogP contribution in [0.4, 0.5) is 5.69 Å². The maximum Gasteiger partial charge on any atom is 0.229 e. The molecule has 6 heteroatoms. The van der Waals surface area contributed by atoms with Gasteiger partial charge in [0, 0.05) is 18.7 Å². The largest absolute Gasteiger partial charge is 0.497 e. The van der Waals surface area contributed by atoms with E-state index in [0.29, 0.717) is 19.7 Å². The number of nitrogens with zero attached hydrogens (tertiary/aromatic N) is 1. The molecule has 6 nitrogen and oxygen atoms in total. The number of rotatable bonds is 7. The van der Waals surface area contributed by atoms with Gasteiger partial charge < -0.3 is 19.7 Å². The van der Waals surface area contributed by atoms with Crippen molar-refractivity contribution in [2.24, 2.45) is 5.92 Å². The van der Waals surface area contributed by atoms with Crippen LogP contribution < -0.4 is 14.8 Å². The molecule has 1 unspecified atom stereocenters. The van der Waals surface area contributed by atoms with Crippen LogP contribution in [0.2, 0.25) is 0 Å². The molecule has 0 saturated carbocycles. The molecule has 0 spiro atoms. The van der Waals surface area contributed by atoms with Crippen LogP contribution in [0.25, 0.3) is 0 Å². The lowest BCUT2D eigenvalue weighted by Gasteiger charge is -2.17. The average molecular weight is 382 g/mol. The summed E-state index contributed by atoms with van der Waals surface area (Å²) in [5.74, 6) is 1.02. The molecule has 3 rings (SSSR count). The van der Waals surface area contributed by atoms with E-state index in [1.54, 1.807) is 12.0 Å². The van der Waals surface area contributed by atoms with Gasteiger partial charge in [0.05, 0.1) is 19.6 Å². The quantitative estimate of drug-likeness (QED) is 0.799. The molecule has 2 aromatic carbocycles. The second kappa shape index (κ2) is 8.78. The predicted molar refractivity (Wildman–Crippen MR) is 108 cm³/mol. The van der Waals surface area contributed by atoms with Crippen LogP contribution in [0, 0.1) is 19.8 Å². The van der Waals surface area contributed by atoms with E-state index in [4.69, 9.17) is 9.47 Å². The first-order valence-electron chi connectivity index (χ1n) is 9.39. The molecule has 1 heterocycles. The fraction of sp³-hybridized carbons (Fsp3) is 0.364. The van der Waals surface area contributed by atoms with E-state index in [0.717, 1.165) is 28.3 Å². The molecule has 28 heavy (non-hydrogen) atoms. The lowest BCUT2D eigenvalue weighted by molar-refractivity contribution is -0.128. The molecule has 0 radical (unpaired) electrons. The first-order valence-corrected chi connectivity index (χ1v) is 9.39. The monoisotopic (exact) mass is 382 g/mol. The highest BCUT2D eigenvalue weighted by Crippen LogP contribution is 2.22. The maximum absolute atomic E-state index is 12.6. The highest BCUT2D eigenvalue weighted by atomic mass is 16.5. The molecular formula is C22H26N2O4. The van der Waals surface area contributed by atoms with Crippen molar-refractivity contribution in [2.45, 2.75) is 20.3 Å². The minimum Gasteiger partial charge on any atom is -0.497 e. The summed E-state index contributed by atoms with van der Waals surface area (Å²) < 4.78 is 10.8. The molecule has 148 valence electrons. The molecule has 0 aromatic heterocycles. The van der Waals surface area contributed by atoms with E-state index in [-0.39, 0.29) is 24.2 Å². The lowest BCUT2D eigenvalue weighted by atomic mass is 10.1. The number of benzene rings is 2. The molecule has 1 saturated heterocycles. The summed E-state index contributed by atoms with van der Waals surface area (Å²) in [6, 6.07) is 13.2. The first kappa shape index (κ1) is 19.7. The Morgan fingerprint density at radius 3 is 2.57 bits per heavy atom. The number of likely N-dealkylation sites (tertiary alicyclic amines) is 1. The molecule has 1 aliphatic rings. The van der Waals surface area contributed by atoms with Gasteiger partial charge in [-0.2, -0.15) is 0 Å². The van der Waals surface area contributed by atoms with Crippen LogP contribution in [0.1, 0.15) is 17.5 Å². The van der Waals surface area contributed by atoms with E-state index in [1.807, 2.05) is 56.3 Å². The van der Waals surface area contributed by atoms with Gasteiger partial charge in [0.2, 0.25) is 11.8 Å². The zero-order valence-corrected chi connectivity index (χ0v) is 16.5. The fourth-order valence-corrected chi connectivity index (χ4v) is 3.21. The molecule has 1 fully saturated rings. The van der Waals surface area contributed by atoms with E-state index >= 15 is 0 Å². The molecular weight excluding hydrogens is 356 g/mol. The summed E-state index contributed by atoms with van der Waals surface area (Å²) in [6.45, 7) is 5.19. The first-order chi connectivity index (χ1) is 13.5. The second-order valence-corrected chi connectivity index (χ2v) is 7.07. The van der Waals surface area contributed by atoms with Gasteiger partial charge in [-0.1, -0.05) is 12.1 Å². The molecule has 2 aromatic rings. The summed E-state index contributed by atoms with van der Waals surface area (Å²) in [4.78, 5) is 26.5. The number of carbonyl (C=O) groups is 2. The molecule has 0 aliphatic carbocycles. The number of nitrogens with one attached hydrogen (secondary N) is 1. The summed E-state index contributed by atoms with van der Waals surface area (Å²) >= 11 is 0. The Balaban J connectivity index is 1.49. The van der Waals surface area contributed by atoms with Crippen molar-refractivity contribution in [2.75, 3.05) is 32.1 Å².